The number of thiophene rings is 1. The summed E-state index contributed by atoms with van der Waals surface area (Å²) in [6.07, 6.45) is 1.71. The third kappa shape index (κ3) is 3.33. The Kier molecular flexibility index (Phi) is 4.55. The molecule has 0 amide bonds. The minimum absolute atomic E-state index is 0.227. The maximum atomic E-state index is 8.88. The number of hydrogen-bond donors (Lipinski definition) is 3. The molecular weight excluding hydrogens is 260 g/mol. The highest BCUT2D eigenvalue weighted by Gasteiger charge is 2.12. The summed E-state index contributed by atoms with van der Waals surface area (Å²) in [6.45, 7) is 4.40. The molecular formula is C13H20N4OS. The van der Waals surface area contributed by atoms with Gasteiger partial charge in [0.05, 0.1) is 5.39 Å². The van der Waals surface area contributed by atoms with E-state index in [1.165, 1.54) is 4.88 Å². The van der Waals surface area contributed by atoms with Crippen LogP contribution in [0.3, 0.4) is 0 Å². The lowest BCUT2D eigenvalue weighted by Gasteiger charge is -2.15. The van der Waals surface area contributed by atoms with Gasteiger partial charge in [0.2, 0.25) is 5.95 Å². The van der Waals surface area contributed by atoms with Crippen molar-refractivity contribution in [3.63, 3.8) is 0 Å². The van der Waals surface area contributed by atoms with Crippen LogP contribution in [0.4, 0.5) is 11.8 Å². The second kappa shape index (κ2) is 6.16. The van der Waals surface area contributed by atoms with Gasteiger partial charge in [0.1, 0.15) is 10.6 Å². The monoisotopic (exact) mass is 280 g/mol. The first-order chi connectivity index (χ1) is 9.13. The van der Waals surface area contributed by atoms with Crippen molar-refractivity contribution >= 4 is 33.3 Å². The van der Waals surface area contributed by atoms with Gasteiger partial charge in [0.15, 0.2) is 0 Å². The molecule has 6 heteroatoms. The Morgan fingerprint density at radius 3 is 2.89 bits per heavy atom. The SMILES string of the molecule is CNc1nc(NC(C)CCCO)c2cc(C)sc2n1. The molecule has 0 aliphatic heterocycles. The van der Waals surface area contributed by atoms with Crippen molar-refractivity contribution in [1.29, 1.82) is 0 Å². The van der Waals surface area contributed by atoms with E-state index in [2.05, 4.69) is 40.5 Å². The van der Waals surface area contributed by atoms with E-state index in [-0.39, 0.29) is 12.6 Å². The molecule has 0 aromatic carbocycles. The van der Waals surface area contributed by atoms with Crippen LogP contribution in [0.25, 0.3) is 10.2 Å². The molecule has 0 aliphatic rings. The quantitative estimate of drug-likeness (QED) is 0.759. The Morgan fingerprint density at radius 1 is 1.42 bits per heavy atom. The highest BCUT2D eigenvalue weighted by molar-refractivity contribution is 7.18. The van der Waals surface area contributed by atoms with Crippen molar-refractivity contribution in [1.82, 2.24) is 9.97 Å². The number of hydrogen-bond acceptors (Lipinski definition) is 6. The van der Waals surface area contributed by atoms with Gasteiger partial charge in [-0.2, -0.15) is 4.98 Å². The van der Waals surface area contributed by atoms with Crippen LogP contribution in [0.15, 0.2) is 6.07 Å². The maximum Gasteiger partial charge on any atom is 0.225 e. The highest BCUT2D eigenvalue weighted by Crippen LogP contribution is 2.30. The van der Waals surface area contributed by atoms with Crippen LogP contribution in [-0.2, 0) is 0 Å². The first kappa shape index (κ1) is 14.0. The molecule has 3 N–H and O–H groups in total. The largest absolute Gasteiger partial charge is 0.396 e. The fourth-order valence-electron chi connectivity index (χ4n) is 1.97. The Morgan fingerprint density at radius 2 is 2.21 bits per heavy atom. The molecule has 0 saturated carbocycles. The van der Waals surface area contributed by atoms with Gasteiger partial charge >= 0.3 is 0 Å². The predicted molar refractivity (Wildman–Crippen MR) is 81.1 cm³/mol. The summed E-state index contributed by atoms with van der Waals surface area (Å²) in [7, 11) is 1.82. The molecule has 2 aromatic heterocycles. The minimum Gasteiger partial charge on any atom is -0.396 e. The molecule has 2 rings (SSSR count). The van der Waals surface area contributed by atoms with Crippen LogP contribution in [0.2, 0.25) is 0 Å². The fraction of sp³-hybridized carbons (Fsp3) is 0.538. The molecule has 19 heavy (non-hydrogen) atoms. The first-order valence-corrected chi connectivity index (χ1v) is 7.29. The van der Waals surface area contributed by atoms with E-state index in [1.54, 1.807) is 11.3 Å². The molecule has 5 nitrogen and oxygen atoms in total. The lowest BCUT2D eigenvalue weighted by Crippen LogP contribution is -2.17. The zero-order valence-electron chi connectivity index (χ0n) is 11.5. The molecule has 1 unspecified atom stereocenters. The van der Waals surface area contributed by atoms with Gasteiger partial charge in [-0.1, -0.05) is 0 Å². The number of fused-ring (bicyclic) bond motifs is 1. The van der Waals surface area contributed by atoms with E-state index in [0.717, 1.165) is 28.9 Å². The summed E-state index contributed by atoms with van der Waals surface area (Å²) in [5.41, 5.74) is 0. The van der Waals surface area contributed by atoms with Gasteiger partial charge in [-0.3, -0.25) is 0 Å². The zero-order chi connectivity index (χ0) is 13.8. The normalized spacial score (nSPS) is 12.6. The molecule has 0 fully saturated rings. The number of aromatic nitrogens is 2. The Balaban J connectivity index is 2.29. The van der Waals surface area contributed by atoms with E-state index < -0.39 is 0 Å². The predicted octanol–water partition coefficient (Wildman–Crippen LogP) is 2.61. The number of rotatable bonds is 6. The number of aryl methyl sites for hydroxylation is 1. The third-order valence-corrected chi connectivity index (χ3v) is 3.86. The van der Waals surface area contributed by atoms with Crippen LogP contribution in [0, 0.1) is 6.92 Å². The van der Waals surface area contributed by atoms with Crippen LogP contribution >= 0.6 is 11.3 Å². The first-order valence-electron chi connectivity index (χ1n) is 6.47. The van der Waals surface area contributed by atoms with Crippen molar-refractivity contribution in [2.75, 3.05) is 24.3 Å². The van der Waals surface area contributed by atoms with Crippen molar-refractivity contribution < 1.29 is 5.11 Å². The van der Waals surface area contributed by atoms with Crippen LogP contribution in [-0.4, -0.2) is 34.8 Å². The lowest BCUT2D eigenvalue weighted by atomic mass is 10.2. The third-order valence-electron chi connectivity index (χ3n) is 2.92. The topological polar surface area (TPSA) is 70.1 Å². The molecule has 1 atom stereocenters. The fourth-order valence-corrected chi connectivity index (χ4v) is 2.85. The molecule has 0 spiro atoms. The minimum atomic E-state index is 0.227. The van der Waals surface area contributed by atoms with E-state index in [4.69, 9.17) is 5.11 Å². The Labute approximate surface area is 117 Å². The Bertz CT molecular complexity index is 555. The number of nitrogens with one attached hydrogen (secondary N) is 2. The standard InChI is InChI=1S/C13H20N4OS/c1-8(5-4-6-18)15-11-10-7-9(2)19-12(10)17-13(14-3)16-11/h7-8,18H,4-6H2,1-3H3,(H2,14,15,16,17). The molecule has 0 bridgehead atoms. The summed E-state index contributed by atoms with van der Waals surface area (Å²) in [5, 5.41) is 16.3. The Hall–Kier alpha value is -1.40. The summed E-state index contributed by atoms with van der Waals surface area (Å²) in [6, 6.07) is 2.38. The number of aliphatic hydroxyl groups is 1. The lowest BCUT2D eigenvalue weighted by molar-refractivity contribution is 0.282. The smallest absolute Gasteiger partial charge is 0.225 e. The van der Waals surface area contributed by atoms with E-state index in [1.807, 2.05) is 7.05 Å². The van der Waals surface area contributed by atoms with Crippen molar-refractivity contribution in [3.8, 4) is 0 Å². The molecule has 0 radical (unpaired) electrons. The number of aliphatic hydroxyl groups excluding tert-OH is 1. The highest BCUT2D eigenvalue weighted by atomic mass is 32.1. The van der Waals surface area contributed by atoms with Gasteiger partial charge < -0.3 is 15.7 Å². The molecule has 2 aromatic rings. The van der Waals surface area contributed by atoms with E-state index >= 15 is 0 Å². The van der Waals surface area contributed by atoms with Gasteiger partial charge in [0, 0.05) is 24.6 Å². The zero-order valence-corrected chi connectivity index (χ0v) is 12.3. The van der Waals surface area contributed by atoms with Gasteiger partial charge in [-0.15, -0.1) is 11.3 Å². The van der Waals surface area contributed by atoms with Crippen LogP contribution < -0.4 is 10.6 Å². The van der Waals surface area contributed by atoms with Crippen molar-refractivity contribution in [3.05, 3.63) is 10.9 Å². The summed E-state index contributed by atoms with van der Waals surface area (Å²) in [5.74, 6) is 1.50. The molecule has 104 valence electrons. The van der Waals surface area contributed by atoms with Gasteiger partial charge in [0.25, 0.3) is 0 Å². The number of anilines is 2. The molecule has 0 saturated heterocycles. The van der Waals surface area contributed by atoms with Crippen molar-refractivity contribution in [2.45, 2.75) is 32.7 Å². The van der Waals surface area contributed by atoms with E-state index in [0.29, 0.717) is 5.95 Å². The average molecular weight is 280 g/mol. The molecule has 0 aliphatic carbocycles. The second-order valence-electron chi connectivity index (χ2n) is 4.63. The summed E-state index contributed by atoms with van der Waals surface area (Å²) in [4.78, 5) is 11.2. The van der Waals surface area contributed by atoms with Gasteiger partial charge in [-0.25, -0.2) is 4.98 Å². The average Bonchev–Trinajstić information content (AvgIpc) is 2.76. The second-order valence-corrected chi connectivity index (χ2v) is 5.87. The number of nitrogens with zero attached hydrogens (tertiary/aromatic N) is 2. The van der Waals surface area contributed by atoms with Crippen LogP contribution in [0.1, 0.15) is 24.6 Å². The maximum absolute atomic E-state index is 8.88. The summed E-state index contributed by atoms with van der Waals surface area (Å²) < 4.78 is 0. The molecule has 2 heterocycles. The van der Waals surface area contributed by atoms with Crippen LogP contribution in [0.5, 0.6) is 0 Å². The summed E-state index contributed by atoms with van der Waals surface area (Å²) >= 11 is 1.67. The van der Waals surface area contributed by atoms with E-state index in [9.17, 15) is 0 Å². The van der Waals surface area contributed by atoms with Gasteiger partial charge in [-0.05, 0) is 32.8 Å². The van der Waals surface area contributed by atoms with Crippen molar-refractivity contribution in [2.24, 2.45) is 0 Å².